The molecule has 29 heavy (non-hydrogen) atoms. The van der Waals surface area contributed by atoms with Crippen molar-refractivity contribution in [3.8, 4) is 0 Å². The molecule has 1 unspecified atom stereocenters. The quantitative estimate of drug-likeness (QED) is 0.569. The lowest BCUT2D eigenvalue weighted by Gasteiger charge is -2.10. The molecular formula is C22H23BrClFN2O2. The number of aryl methyl sites for hydroxylation is 1. The van der Waals surface area contributed by atoms with Gasteiger partial charge in [0, 0.05) is 11.0 Å². The van der Waals surface area contributed by atoms with Crippen LogP contribution in [0.15, 0.2) is 40.9 Å². The molecule has 0 fully saturated rings. The number of benzene rings is 2. The monoisotopic (exact) mass is 480 g/mol. The van der Waals surface area contributed by atoms with Gasteiger partial charge in [0.1, 0.15) is 5.82 Å². The maximum atomic E-state index is 13.7. The van der Waals surface area contributed by atoms with E-state index in [-0.39, 0.29) is 29.3 Å². The topological polar surface area (TPSA) is 58.2 Å². The number of carbonyl (C=O) groups excluding carboxylic acids is 2. The molecule has 0 heterocycles. The van der Waals surface area contributed by atoms with Crippen LogP contribution in [-0.4, -0.2) is 24.9 Å². The second-order valence-electron chi connectivity index (χ2n) is 6.66. The Morgan fingerprint density at radius 2 is 1.97 bits per heavy atom. The Morgan fingerprint density at radius 3 is 2.59 bits per heavy atom. The van der Waals surface area contributed by atoms with Gasteiger partial charge in [-0.3, -0.25) is 9.59 Å². The first-order valence-electron chi connectivity index (χ1n) is 9.21. The second kappa shape index (κ2) is 10.6. The van der Waals surface area contributed by atoms with Gasteiger partial charge in [-0.05, 0) is 70.6 Å². The highest BCUT2D eigenvalue weighted by Gasteiger charge is 2.12. The van der Waals surface area contributed by atoms with Gasteiger partial charge in [-0.25, -0.2) is 4.39 Å². The Labute approximate surface area is 183 Å². The highest BCUT2D eigenvalue weighted by Crippen LogP contribution is 2.27. The molecule has 1 atom stereocenters. The number of hydrogen-bond acceptors (Lipinski definition) is 2. The molecule has 7 heteroatoms. The molecule has 2 amide bonds. The van der Waals surface area contributed by atoms with Gasteiger partial charge in [0.25, 0.3) is 5.91 Å². The number of rotatable bonds is 7. The highest BCUT2D eigenvalue weighted by molar-refractivity contribution is 9.10. The number of carbonyl (C=O) groups is 2. The third kappa shape index (κ3) is 6.41. The molecule has 0 saturated heterocycles. The smallest absolute Gasteiger partial charge is 0.252 e. The number of allylic oxidation sites excluding steroid dienone is 1. The van der Waals surface area contributed by atoms with Gasteiger partial charge in [0.15, 0.2) is 0 Å². The van der Waals surface area contributed by atoms with Crippen molar-refractivity contribution in [1.29, 1.82) is 0 Å². The van der Waals surface area contributed by atoms with Crippen molar-refractivity contribution < 1.29 is 14.0 Å². The number of likely N-dealkylation sites (N-methyl/N-ethyl adjacent to an activating group) is 1. The molecule has 0 aliphatic heterocycles. The first-order valence-corrected chi connectivity index (χ1v) is 10.4. The van der Waals surface area contributed by atoms with E-state index in [4.69, 9.17) is 11.6 Å². The van der Waals surface area contributed by atoms with E-state index in [0.29, 0.717) is 22.1 Å². The third-order valence-electron chi connectivity index (χ3n) is 4.36. The molecule has 0 saturated carbocycles. The Kier molecular flexibility index (Phi) is 8.41. The summed E-state index contributed by atoms with van der Waals surface area (Å²) in [6.45, 7) is 5.94. The van der Waals surface area contributed by atoms with E-state index >= 15 is 0 Å². The Balaban J connectivity index is 2.08. The van der Waals surface area contributed by atoms with Crippen molar-refractivity contribution in [1.82, 2.24) is 10.6 Å². The molecule has 0 spiro atoms. The molecule has 2 aromatic carbocycles. The summed E-state index contributed by atoms with van der Waals surface area (Å²) >= 11 is 9.35. The van der Waals surface area contributed by atoms with Crippen LogP contribution in [0.25, 0.3) is 6.08 Å². The van der Waals surface area contributed by atoms with E-state index in [1.807, 2.05) is 38.1 Å². The summed E-state index contributed by atoms with van der Waals surface area (Å²) in [5, 5.41) is 5.33. The second-order valence-corrected chi connectivity index (χ2v) is 7.92. The fourth-order valence-electron chi connectivity index (χ4n) is 2.72. The van der Waals surface area contributed by atoms with Gasteiger partial charge in [0.2, 0.25) is 5.91 Å². The number of amides is 2. The molecule has 2 aromatic rings. The molecule has 0 bridgehead atoms. The average Bonchev–Trinajstić information content (AvgIpc) is 2.68. The van der Waals surface area contributed by atoms with Crippen LogP contribution in [0.1, 0.15) is 46.8 Å². The lowest BCUT2D eigenvalue weighted by molar-refractivity contribution is -0.120. The predicted octanol–water partition coefficient (Wildman–Crippen LogP) is 5.23. The Hall–Kier alpha value is -2.18. The van der Waals surface area contributed by atoms with E-state index in [2.05, 4.69) is 26.6 Å². The highest BCUT2D eigenvalue weighted by atomic mass is 79.9. The third-order valence-corrected chi connectivity index (χ3v) is 5.29. The zero-order chi connectivity index (χ0) is 21.6. The van der Waals surface area contributed by atoms with Gasteiger partial charge in [-0.1, -0.05) is 42.8 Å². The summed E-state index contributed by atoms with van der Waals surface area (Å²) in [6.07, 6.45) is 3.91. The maximum Gasteiger partial charge on any atom is 0.252 e. The fourth-order valence-corrected chi connectivity index (χ4v) is 3.57. The van der Waals surface area contributed by atoms with Crippen molar-refractivity contribution in [3.05, 3.63) is 74.0 Å². The summed E-state index contributed by atoms with van der Waals surface area (Å²) in [4.78, 5) is 23.7. The molecule has 154 valence electrons. The van der Waals surface area contributed by atoms with Crippen LogP contribution in [0, 0.1) is 12.7 Å². The minimum absolute atomic E-state index is 0.0330. The molecule has 4 nitrogen and oxygen atoms in total. The van der Waals surface area contributed by atoms with Crippen molar-refractivity contribution >= 4 is 45.4 Å². The molecule has 2 N–H and O–H groups in total. The van der Waals surface area contributed by atoms with Crippen molar-refractivity contribution in [2.45, 2.75) is 26.7 Å². The zero-order valence-electron chi connectivity index (χ0n) is 16.5. The van der Waals surface area contributed by atoms with Crippen molar-refractivity contribution in [3.63, 3.8) is 0 Å². The number of hydrogen-bond donors (Lipinski definition) is 2. The average molecular weight is 482 g/mol. The van der Waals surface area contributed by atoms with E-state index in [1.165, 1.54) is 0 Å². The molecule has 0 aliphatic rings. The van der Waals surface area contributed by atoms with Crippen LogP contribution < -0.4 is 10.6 Å². The number of halogens is 3. The van der Waals surface area contributed by atoms with Crippen molar-refractivity contribution in [2.75, 3.05) is 13.1 Å². The summed E-state index contributed by atoms with van der Waals surface area (Å²) in [6, 6.07) is 8.76. The van der Waals surface area contributed by atoms with E-state index in [9.17, 15) is 14.0 Å². The van der Waals surface area contributed by atoms with Crippen LogP contribution in [0.4, 0.5) is 4.39 Å². The minimum Gasteiger partial charge on any atom is -0.355 e. The number of nitrogens with one attached hydrogen (secondary N) is 2. The van der Waals surface area contributed by atoms with Gasteiger partial charge < -0.3 is 10.6 Å². The Morgan fingerprint density at radius 1 is 1.24 bits per heavy atom. The lowest BCUT2D eigenvalue weighted by atomic mass is 9.97. The normalized spacial score (nSPS) is 12.1. The molecule has 0 aromatic heterocycles. The molecule has 0 aliphatic carbocycles. The molecular weight excluding hydrogens is 459 g/mol. The standard InChI is InChI=1S/C22H23BrClFN2O2/c1-4-26-20(28)12-27-22(29)17-8-7-15(10-18(17)23)6-5-13(2)16-9-14(3)21(25)19(24)11-16/h5-11,13H,4,12H2,1-3H3,(H,26,28)(H,27,29)/b6-5+. The first-order chi connectivity index (χ1) is 13.7. The van der Waals surface area contributed by atoms with Crippen molar-refractivity contribution in [2.24, 2.45) is 0 Å². The summed E-state index contributed by atoms with van der Waals surface area (Å²) < 4.78 is 14.3. The fraction of sp³-hybridized carbons (Fsp3) is 0.273. The van der Waals surface area contributed by atoms with Gasteiger partial charge in [-0.15, -0.1) is 0 Å². The zero-order valence-corrected chi connectivity index (χ0v) is 18.8. The van der Waals surface area contributed by atoms with Gasteiger partial charge in [0.05, 0.1) is 17.1 Å². The predicted molar refractivity (Wildman–Crippen MR) is 119 cm³/mol. The van der Waals surface area contributed by atoms with Crippen LogP contribution in [0.2, 0.25) is 5.02 Å². The van der Waals surface area contributed by atoms with E-state index in [0.717, 1.165) is 11.1 Å². The van der Waals surface area contributed by atoms with Crippen LogP contribution >= 0.6 is 27.5 Å². The SMILES string of the molecule is CCNC(=O)CNC(=O)c1ccc(/C=C/C(C)c2cc(C)c(F)c(Cl)c2)cc1Br. The van der Waals surface area contributed by atoms with Crippen LogP contribution in [0.3, 0.4) is 0 Å². The largest absolute Gasteiger partial charge is 0.355 e. The summed E-state index contributed by atoms with van der Waals surface area (Å²) in [7, 11) is 0. The van der Waals surface area contributed by atoms with E-state index in [1.54, 1.807) is 25.1 Å². The minimum atomic E-state index is -0.392. The lowest BCUT2D eigenvalue weighted by Crippen LogP contribution is -2.36. The molecule has 0 radical (unpaired) electrons. The van der Waals surface area contributed by atoms with Gasteiger partial charge >= 0.3 is 0 Å². The van der Waals surface area contributed by atoms with Crippen LogP contribution in [0.5, 0.6) is 0 Å². The van der Waals surface area contributed by atoms with Gasteiger partial charge in [-0.2, -0.15) is 0 Å². The first kappa shape index (κ1) is 23.1. The Bertz CT molecular complexity index is 923. The molecule has 2 rings (SSSR count). The summed E-state index contributed by atoms with van der Waals surface area (Å²) in [5.41, 5.74) is 2.78. The maximum absolute atomic E-state index is 13.7. The van der Waals surface area contributed by atoms with E-state index < -0.39 is 5.82 Å². The summed E-state index contributed by atoms with van der Waals surface area (Å²) in [5.74, 6) is -0.924. The van der Waals surface area contributed by atoms with Crippen LogP contribution in [-0.2, 0) is 4.79 Å².